The lowest BCUT2D eigenvalue weighted by Crippen LogP contribution is -2.00. The number of Topliss-reactive ketones (excluding diaryl/α,β-unsaturated/α-hetero) is 1. The van der Waals surface area contributed by atoms with Crippen LogP contribution in [0, 0.1) is 0 Å². The predicted octanol–water partition coefficient (Wildman–Crippen LogP) is 1.55. The van der Waals surface area contributed by atoms with E-state index in [9.17, 15) is 9.59 Å². The number of carbonyl (C=O) groups excluding carboxylic acids is 2. The Morgan fingerprint density at radius 2 is 2.12 bits per heavy atom. The fourth-order valence-corrected chi connectivity index (χ4v) is 1.53. The number of hydrogen-bond donors (Lipinski definition) is 1. The maximum absolute atomic E-state index is 11.3. The zero-order valence-corrected chi connectivity index (χ0v) is 8.90. The first-order valence-electron chi connectivity index (χ1n) is 4.71. The molecule has 0 aliphatic rings. The molecule has 0 saturated heterocycles. The maximum Gasteiger partial charge on any atom is 0.337 e. The second kappa shape index (κ2) is 3.77. The Morgan fingerprint density at radius 1 is 1.38 bits per heavy atom. The van der Waals surface area contributed by atoms with E-state index in [1.54, 1.807) is 18.2 Å². The van der Waals surface area contributed by atoms with Gasteiger partial charge >= 0.3 is 5.97 Å². The lowest BCUT2D eigenvalue weighted by Gasteiger charge is -1.98. The van der Waals surface area contributed by atoms with Crippen molar-refractivity contribution >= 4 is 22.7 Å². The lowest BCUT2D eigenvalue weighted by molar-refractivity contribution is 0.0601. The number of fused-ring (bicyclic) bond motifs is 1. The summed E-state index contributed by atoms with van der Waals surface area (Å²) in [7, 11) is 1.32. The van der Waals surface area contributed by atoms with Crippen LogP contribution in [0.5, 0.6) is 0 Å². The molecule has 0 amide bonds. The highest BCUT2D eigenvalue weighted by molar-refractivity contribution is 6.06. The molecule has 5 heteroatoms. The van der Waals surface area contributed by atoms with Crippen molar-refractivity contribution < 1.29 is 14.3 Å². The van der Waals surface area contributed by atoms with Crippen LogP contribution in [0.25, 0.3) is 10.9 Å². The van der Waals surface area contributed by atoms with Crippen molar-refractivity contribution in [3.05, 3.63) is 29.5 Å². The van der Waals surface area contributed by atoms with Crippen LogP contribution >= 0.6 is 0 Å². The smallest absolute Gasteiger partial charge is 0.337 e. The van der Waals surface area contributed by atoms with Crippen LogP contribution in [0.2, 0.25) is 0 Å². The molecule has 0 fully saturated rings. The predicted molar refractivity (Wildman–Crippen MR) is 57.4 cm³/mol. The molecule has 0 spiro atoms. The minimum atomic E-state index is -0.416. The molecule has 0 unspecified atom stereocenters. The Labute approximate surface area is 91.4 Å². The van der Waals surface area contributed by atoms with Crippen LogP contribution < -0.4 is 0 Å². The molecular formula is C11H10N2O3. The van der Waals surface area contributed by atoms with E-state index < -0.39 is 5.97 Å². The molecule has 1 heterocycles. The number of rotatable bonds is 2. The average Bonchev–Trinajstić information content (AvgIpc) is 2.70. The second-order valence-electron chi connectivity index (χ2n) is 3.38. The second-order valence-corrected chi connectivity index (χ2v) is 3.38. The van der Waals surface area contributed by atoms with Crippen LogP contribution in [0.1, 0.15) is 27.8 Å². The molecule has 0 saturated carbocycles. The molecule has 0 aliphatic carbocycles. The monoisotopic (exact) mass is 218 g/mol. The first-order valence-corrected chi connectivity index (χ1v) is 4.71. The van der Waals surface area contributed by atoms with E-state index in [-0.39, 0.29) is 5.78 Å². The number of nitrogens with zero attached hydrogens (tertiary/aromatic N) is 1. The van der Waals surface area contributed by atoms with Gasteiger partial charge in [0.15, 0.2) is 5.78 Å². The third-order valence-electron chi connectivity index (χ3n) is 2.32. The standard InChI is InChI=1S/C11H10N2O3/c1-6(14)10-8-4-3-7(11(15)16-2)5-9(8)12-13-10/h3-5H,1-2H3,(H,12,13). The first-order chi connectivity index (χ1) is 7.63. The molecule has 0 atom stereocenters. The molecule has 0 bridgehead atoms. The van der Waals surface area contributed by atoms with Crippen molar-refractivity contribution in [2.45, 2.75) is 6.92 Å². The van der Waals surface area contributed by atoms with E-state index in [4.69, 9.17) is 0 Å². The minimum absolute atomic E-state index is 0.114. The molecule has 82 valence electrons. The van der Waals surface area contributed by atoms with E-state index in [2.05, 4.69) is 14.9 Å². The van der Waals surface area contributed by atoms with Crippen LogP contribution in [-0.4, -0.2) is 29.1 Å². The highest BCUT2D eigenvalue weighted by Crippen LogP contribution is 2.18. The maximum atomic E-state index is 11.3. The van der Waals surface area contributed by atoms with E-state index in [0.717, 1.165) is 0 Å². The number of ketones is 1. The topological polar surface area (TPSA) is 72.1 Å². The number of H-pyrrole nitrogens is 1. The number of ether oxygens (including phenoxy) is 1. The highest BCUT2D eigenvalue weighted by atomic mass is 16.5. The fourth-order valence-electron chi connectivity index (χ4n) is 1.53. The van der Waals surface area contributed by atoms with Crippen molar-refractivity contribution in [3.8, 4) is 0 Å². The molecule has 1 aromatic carbocycles. The van der Waals surface area contributed by atoms with Gasteiger partial charge in [-0.1, -0.05) is 0 Å². The van der Waals surface area contributed by atoms with Crippen molar-refractivity contribution in [3.63, 3.8) is 0 Å². The number of aromatic nitrogens is 2. The van der Waals surface area contributed by atoms with Gasteiger partial charge in [0.2, 0.25) is 0 Å². The van der Waals surface area contributed by atoms with Gasteiger partial charge in [-0.25, -0.2) is 4.79 Å². The van der Waals surface area contributed by atoms with Gasteiger partial charge in [0, 0.05) is 12.3 Å². The van der Waals surface area contributed by atoms with E-state index >= 15 is 0 Å². The normalized spacial score (nSPS) is 10.4. The molecule has 16 heavy (non-hydrogen) atoms. The third kappa shape index (κ3) is 1.56. The number of carbonyl (C=O) groups is 2. The van der Waals surface area contributed by atoms with Gasteiger partial charge in [-0.15, -0.1) is 0 Å². The zero-order valence-electron chi connectivity index (χ0n) is 8.90. The number of aromatic amines is 1. The molecule has 0 aliphatic heterocycles. The van der Waals surface area contributed by atoms with Crippen LogP contribution in [0.3, 0.4) is 0 Å². The van der Waals surface area contributed by atoms with Crippen LogP contribution in [0.15, 0.2) is 18.2 Å². The molecule has 0 radical (unpaired) electrons. The van der Waals surface area contributed by atoms with Gasteiger partial charge in [-0.3, -0.25) is 9.89 Å². The summed E-state index contributed by atoms with van der Waals surface area (Å²) >= 11 is 0. The van der Waals surface area contributed by atoms with Gasteiger partial charge in [0.1, 0.15) is 5.69 Å². The van der Waals surface area contributed by atoms with Crippen LogP contribution in [-0.2, 0) is 4.74 Å². The summed E-state index contributed by atoms with van der Waals surface area (Å²) in [6.45, 7) is 1.45. The summed E-state index contributed by atoms with van der Waals surface area (Å²) in [4.78, 5) is 22.5. The number of benzene rings is 1. The van der Waals surface area contributed by atoms with E-state index in [1.165, 1.54) is 14.0 Å². The van der Waals surface area contributed by atoms with E-state index in [1.807, 2.05) is 0 Å². The Hall–Kier alpha value is -2.17. The number of esters is 1. The van der Waals surface area contributed by atoms with Crippen molar-refractivity contribution in [1.82, 2.24) is 10.2 Å². The number of nitrogens with one attached hydrogen (secondary N) is 1. The fraction of sp³-hybridized carbons (Fsp3) is 0.182. The molecule has 5 nitrogen and oxygen atoms in total. The lowest BCUT2D eigenvalue weighted by atomic mass is 10.1. The molecule has 1 aromatic heterocycles. The SMILES string of the molecule is COC(=O)c1ccc2c(C(C)=O)n[nH]c2c1. The van der Waals surface area contributed by atoms with Gasteiger partial charge in [0.05, 0.1) is 18.2 Å². The minimum Gasteiger partial charge on any atom is -0.465 e. The highest BCUT2D eigenvalue weighted by Gasteiger charge is 2.12. The van der Waals surface area contributed by atoms with E-state index in [0.29, 0.717) is 22.2 Å². The first kappa shape index (κ1) is 10.4. The zero-order chi connectivity index (χ0) is 11.7. The summed E-state index contributed by atoms with van der Waals surface area (Å²) in [5.41, 5.74) is 1.45. The molecule has 1 N–H and O–H groups in total. The van der Waals surface area contributed by atoms with Gasteiger partial charge in [-0.2, -0.15) is 5.10 Å². The number of hydrogen-bond acceptors (Lipinski definition) is 4. The van der Waals surface area contributed by atoms with Crippen LogP contribution in [0.4, 0.5) is 0 Å². The Bertz CT molecular complexity index is 572. The Morgan fingerprint density at radius 3 is 2.75 bits per heavy atom. The summed E-state index contributed by atoms with van der Waals surface area (Å²) in [5.74, 6) is -0.530. The van der Waals surface area contributed by atoms with Crippen molar-refractivity contribution in [2.75, 3.05) is 7.11 Å². The Balaban J connectivity index is 2.57. The quantitative estimate of drug-likeness (QED) is 0.613. The number of methoxy groups -OCH3 is 1. The summed E-state index contributed by atoms with van der Waals surface area (Å²) in [6.07, 6.45) is 0. The largest absolute Gasteiger partial charge is 0.465 e. The summed E-state index contributed by atoms with van der Waals surface area (Å²) < 4.78 is 4.60. The summed E-state index contributed by atoms with van der Waals surface area (Å²) in [5, 5.41) is 7.31. The molecule has 2 rings (SSSR count). The molecule has 2 aromatic rings. The summed E-state index contributed by atoms with van der Waals surface area (Å²) in [6, 6.07) is 4.90. The average molecular weight is 218 g/mol. The van der Waals surface area contributed by atoms with Gasteiger partial charge in [0.25, 0.3) is 0 Å². The molecular weight excluding hydrogens is 208 g/mol. The van der Waals surface area contributed by atoms with Gasteiger partial charge in [-0.05, 0) is 18.2 Å². The Kier molecular flexibility index (Phi) is 2.44. The van der Waals surface area contributed by atoms with Crippen molar-refractivity contribution in [2.24, 2.45) is 0 Å². The third-order valence-corrected chi connectivity index (χ3v) is 2.32. The van der Waals surface area contributed by atoms with Crippen molar-refractivity contribution in [1.29, 1.82) is 0 Å². The van der Waals surface area contributed by atoms with Gasteiger partial charge < -0.3 is 4.74 Å².